The van der Waals surface area contributed by atoms with Gasteiger partial charge in [-0.25, -0.2) is 0 Å². The van der Waals surface area contributed by atoms with Crippen LogP contribution in [0.1, 0.15) is 44.7 Å². The summed E-state index contributed by atoms with van der Waals surface area (Å²) in [6, 6.07) is 8.36. The zero-order chi connectivity index (χ0) is 14.3. The third kappa shape index (κ3) is 3.80. The fourth-order valence-corrected chi connectivity index (χ4v) is 2.22. The fraction of sp³-hybridized carbons (Fsp3) is 0.562. The van der Waals surface area contributed by atoms with Crippen LogP contribution in [-0.4, -0.2) is 12.5 Å². The first-order valence-corrected chi connectivity index (χ1v) is 7.18. The van der Waals surface area contributed by atoms with E-state index >= 15 is 0 Å². The van der Waals surface area contributed by atoms with Crippen LogP contribution in [0.3, 0.4) is 0 Å². The number of carbonyl (C=O) groups is 1. The van der Waals surface area contributed by atoms with E-state index in [0.29, 0.717) is 13.1 Å². The van der Waals surface area contributed by atoms with Gasteiger partial charge in [-0.1, -0.05) is 45.0 Å². The summed E-state index contributed by atoms with van der Waals surface area (Å²) < 4.78 is 0. The third-order valence-corrected chi connectivity index (χ3v) is 4.11. The Morgan fingerprint density at radius 1 is 1.11 bits per heavy atom. The summed E-state index contributed by atoms with van der Waals surface area (Å²) in [6.45, 7) is 7.15. The van der Waals surface area contributed by atoms with Crippen molar-refractivity contribution in [3.63, 3.8) is 0 Å². The molecule has 3 N–H and O–H groups in total. The molecule has 0 unspecified atom stereocenters. The Balaban J connectivity index is 2.62. The van der Waals surface area contributed by atoms with Crippen molar-refractivity contribution in [3.05, 3.63) is 35.4 Å². The van der Waals surface area contributed by atoms with E-state index in [1.165, 1.54) is 5.56 Å². The first-order chi connectivity index (χ1) is 9.11. The van der Waals surface area contributed by atoms with E-state index in [2.05, 4.69) is 36.5 Å². The molecule has 0 saturated heterocycles. The highest BCUT2D eigenvalue weighted by Gasteiger charge is 2.32. The average Bonchev–Trinajstić information content (AvgIpc) is 2.48. The molecule has 3 nitrogen and oxygen atoms in total. The summed E-state index contributed by atoms with van der Waals surface area (Å²) in [5.41, 5.74) is 7.80. The molecule has 3 heteroatoms. The molecule has 0 saturated carbocycles. The van der Waals surface area contributed by atoms with Gasteiger partial charge in [-0.05, 0) is 30.4 Å². The number of carbonyl (C=O) groups excluding carboxylic acids is 1. The number of hydrogen-bond donors (Lipinski definition) is 2. The molecule has 0 spiro atoms. The van der Waals surface area contributed by atoms with Gasteiger partial charge in [0.05, 0.1) is 5.41 Å². The quantitative estimate of drug-likeness (QED) is 0.793. The maximum Gasteiger partial charge on any atom is 0.227 e. The van der Waals surface area contributed by atoms with Gasteiger partial charge < -0.3 is 11.1 Å². The molecule has 0 aromatic heterocycles. The van der Waals surface area contributed by atoms with Crippen LogP contribution in [0.2, 0.25) is 0 Å². The monoisotopic (exact) mass is 262 g/mol. The minimum absolute atomic E-state index is 0.0690. The van der Waals surface area contributed by atoms with Gasteiger partial charge in [0.15, 0.2) is 0 Å². The van der Waals surface area contributed by atoms with Crippen molar-refractivity contribution in [1.29, 1.82) is 0 Å². The highest BCUT2D eigenvalue weighted by atomic mass is 16.2. The van der Waals surface area contributed by atoms with Crippen molar-refractivity contribution in [3.8, 4) is 0 Å². The zero-order valence-corrected chi connectivity index (χ0v) is 12.3. The SMILES string of the molecule is CCc1ccc(CNC(=O)C(CC)(CC)CN)cc1. The number of nitrogens with two attached hydrogens (primary N) is 1. The molecule has 0 fully saturated rings. The van der Waals surface area contributed by atoms with E-state index in [4.69, 9.17) is 5.73 Å². The lowest BCUT2D eigenvalue weighted by Gasteiger charge is -2.28. The summed E-state index contributed by atoms with van der Waals surface area (Å²) in [5, 5.41) is 3.01. The van der Waals surface area contributed by atoms with E-state index < -0.39 is 5.41 Å². The fourth-order valence-electron chi connectivity index (χ4n) is 2.22. The minimum atomic E-state index is -0.413. The molecule has 1 aromatic rings. The Morgan fingerprint density at radius 3 is 2.05 bits per heavy atom. The van der Waals surface area contributed by atoms with E-state index in [-0.39, 0.29) is 5.91 Å². The van der Waals surface area contributed by atoms with E-state index in [9.17, 15) is 4.79 Å². The first kappa shape index (κ1) is 15.7. The number of nitrogens with one attached hydrogen (secondary N) is 1. The van der Waals surface area contributed by atoms with Crippen LogP contribution in [0, 0.1) is 5.41 Å². The molecule has 1 aromatic carbocycles. The van der Waals surface area contributed by atoms with Crippen molar-refractivity contribution in [2.75, 3.05) is 6.54 Å². The zero-order valence-electron chi connectivity index (χ0n) is 12.3. The third-order valence-electron chi connectivity index (χ3n) is 4.11. The van der Waals surface area contributed by atoms with Crippen molar-refractivity contribution < 1.29 is 4.79 Å². The van der Waals surface area contributed by atoms with E-state index in [0.717, 1.165) is 24.8 Å². The van der Waals surface area contributed by atoms with Crippen LogP contribution >= 0.6 is 0 Å². The molecule has 19 heavy (non-hydrogen) atoms. The second kappa shape index (κ2) is 7.29. The smallest absolute Gasteiger partial charge is 0.227 e. The first-order valence-electron chi connectivity index (χ1n) is 7.18. The molecule has 0 atom stereocenters. The van der Waals surface area contributed by atoms with Crippen LogP contribution in [0.5, 0.6) is 0 Å². The lowest BCUT2D eigenvalue weighted by Crippen LogP contribution is -2.45. The van der Waals surface area contributed by atoms with Crippen molar-refractivity contribution >= 4 is 5.91 Å². The Morgan fingerprint density at radius 2 is 1.63 bits per heavy atom. The van der Waals surface area contributed by atoms with Gasteiger partial charge in [-0.15, -0.1) is 0 Å². The molecule has 0 heterocycles. The molecule has 0 bridgehead atoms. The molecule has 0 aliphatic carbocycles. The molecular weight excluding hydrogens is 236 g/mol. The summed E-state index contributed by atoms with van der Waals surface area (Å²) in [4.78, 5) is 12.3. The number of aryl methyl sites for hydroxylation is 1. The van der Waals surface area contributed by atoms with Gasteiger partial charge in [-0.2, -0.15) is 0 Å². The van der Waals surface area contributed by atoms with Crippen LogP contribution in [0.25, 0.3) is 0 Å². The number of hydrogen-bond acceptors (Lipinski definition) is 2. The lowest BCUT2D eigenvalue weighted by molar-refractivity contribution is -0.131. The van der Waals surface area contributed by atoms with Gasteiger partial charge in [0, 0.05) is 13.1 Å². The van der Waals surface area contributed by atoms with E-state index in [1.807, 2.05) is 13.8 Å². The van der Waals surface area contributed by atoms with Gasteiger partial charge in [0.1, 0.15) is 0 Å². The predicted molar refractivity (Wildman–Crippen MR) is 79.7 cm³/mol. The average molecular weight is 262 g/mol. The van der Waals surface area contributed by atoms with Gasteiger partial charge in [0.2, 0.25) is 5.91 Å². The second-order valence-electron chi connectivity index (χ2n) is 5.04. The second-order valence-corrected chi connectivity index (χ2v) is 5.04. The van der Waals surface area contributed by atoms with Gasteiger partial charge in [0.25, 0.3) is 0 Å². The normalized spacial score (nSPS) is 11.4. The highest BCUT2D eigenvalue weighted by molar-refractivity contribution is 5.82. The maximum absolute atomic E-state index is 12.3. The standard InChI is InChI=1S/C16H26N2O/c1-4-13-7-9-14(10-8-13)11-18-15(19)16(5-2,6-3)12-17/h7-10H,4-6,11-12,17H2,1-3H3,(H,18,19). The van der Waals surface area contributed by atoms with Crippen LogP contribution < -0.4 is 11.1 Å². The Labute approximate surface area is 116 Å². The summed E-state index contributed by atoms with van der Waals surface area (Å²) >= 11 is 0. The van der Waals surface area contributed by atoms with Crippen LogP contribution in [0.4, 0.5) is 0 Å². The van der Waals surface area contributed by atoms with Crippen molar-refractivity contribution in [2.24, 2.45) is 11.1 Å². The van der Waals surface area contributed by atoms with Crippen molar-refractivity contribution in [2.45, 2.75) is 46.6 Å². The summed E-state index contributed by atoms with van der Waals surface area (Å²) in [6.07, 6.45) is 2.59. The summed E-state index contributed by atoms with van der Waals surface area (Å²) in [7, 11) is 0. The molecule has 106 valence electrons. The topological polar surface area (TPSA) is 55.1 Å². The van der Waals surface area contributed by atoms with Crippen LogP contribution in [-0.2, 0) is 17.8 Å². The molecular formula is C16H26N2O. The summed E-state index contributed by atoms with van der Waals surface area (Å²) in [5.74, 6) is 0.0690. The molecule has 1 rings (SSSR count). The van der Waals surface area contributed by atoms with Crippen LogP contribution in [0.15, 0.2) is 24.3 Å². The van der Waals surface area contributed by atoms with Crippen molar-refractivity contribution in [1.82, 2.24) is 5.32 Å². The molecule has 0 radical (unpaired) electrons. The van der Waals surface area contributed by atoms with Gasteiger partial charge in [-0.3, -0.25) is 4.79 Å². The lowest BCUT2D eigenvalue weighted by atomic mass is 9.81. The molecule has 0 aliphatic rings. The van der Waals surface area contributed by atoms with E-state index in [1.54, 1.807) is 0 Å². The molecule has 1 amide bonds. The minimum Gasteiger partial charge on any atom is -0.352 e. The largest absolute Gasteiger partial charge is 0.352 e. The Bertz CT molecular complexity index is 385. The Kier molecular flexibility index (Phi) is 6.03. The molecule has 0 aliphatic heterocycles. The number of rotatable bonds is 7. The van der Waals surface area contributed by atoms with Gasteiger partial charge >= 0.3 is 0 Å². The maximum atomic E-state index is 12.3. The number of benzene rings is 1. The highest BCUT2D eigenvalue weighted by Crippen LogP contribution is 2.25. The Hall–Kier alpha value is -1.35. The number of amides is 1. The predicted octanol–water partition coefficient (Wildman–Crippen LogP) is 2.63.